The van der Waals surface area contributed by atoms with Crippen molar-refractivity contribution in [2.45, 2.75) is 6.92 Å². The van der Waals surface area contributed by atoms with E-state index in [2.05, 4.69) is 10.6 Å². The number of halogens is 1. The average molecular weight is 283 g/mol. The first-order valence-corrected chi connectivity index (χ1v) is 6.39. The van der Waals surface area contributed by atoms with E-state index in [1.807, 2.05) is 13.0 Å². The third-order valence-electron chi connectivity index (χ3n) is 2.95. The Hall–Kier alpha value is -2.87. The zero-order valence-electron chi connectivity index (χ0n) is 11.5. The van der Waals surface area contributed by atoms with Gasteiger partial charge in [-0.25, -0.2) is 4.39 Å². The highest BCUT2D eigenvalue weighted by atomic mass is 19.1. The van der Waals surface area contributed by atoms with Gasteiger partial charge in [-0.05, 0) is 36.8 Å². The lowest BCUT2D eigenvalue weighted by Gasteiger charge is -2.10. The highest BCUT2D eigenvalue weighted by molar-refractivity contribution is 5.93. The predicted molar refractivity (Wildman–Crippen MR) is 79.4 cm³/mol. The van der Waals surface area contributed by atoms with Crippen LogP contribution in [-0.4, -0.2) is 12.5 Å². The van der Waals surface area contributed by atoms with Crippen LogP contribution in [0.2, 0.25) is 0 Å². The van der Waals surface area contributed by atoms with E-state index in [1.165, 1.54) is 12.1 Å². The Morgan fingerprint density at radius 2 is 2.00 bits per heavy atom. The monoisotopic (exact) mass is 283 g/mol. The van der Waals surface area contributed by atoms with Crippen LogP contribution in [0.25, 0.3) is 0 Å². The second-order valence-corrected chi connectivity index (χ2v) is 4.52. The molecule has 2 N–H and O–H groups in total. The number of aryl methyl sites for hydroxylation is 1. The summed E-state index contributed by atoms with van der Waals surface area (Å²) in [5.74, 6) is -0.838. The lowest BCUT2D eigenvalue weighted by molar-refractivity contribution is -0.114. The number of rotatable bonds is 4. The lowest BCUT2D eigenvalue weighted by atomic mass is 10.1. The van der Waals surface area contributed by atoms with Gasteiger partial charge < -0.3 is 10.6 Å². The van der Waals surface area contributed by atoms with Crippen LogP contribution in [0.1, 0.15) is 11.1 Å². The zero-order valence-corrected chi connectivity index (χ0v) is 11.5. The summed E-state index contributed by atoms with van der Waals surface area (Å²) in [4.78, 5) is 11.8. The largest absolute Gasteiger partial charge is 0.376 e. The molecular weight excluding hydrogens is 269 g/mol. The SMILES string of the molecule is Cc1ccc(C#N)cc1NCC(=O)Nc1ccccc1F. The molecule has 21 heavy (non-hydrogen) atoms. The number of anilines is 2. The van der Waals surface area contributed by atoms with Crippen LogP contribution in [0.4, 0.5) is 15.8 Å². The molecule has 0 unspecified atom stereocenters. The number of hydrogen-bond donors (Lipinski definition) is 2. The third-order valence-corrected chi connectivity index (χ3v) is 2.95. The first-order chi connectivity index (χ1) is 10.1. The molecule has 0 spiro atoms. The number of nitriles is 1. The fraction of sp³-hybridized carbons (Fsp3) is 0.125. The maximum atomic E-state index is 13.4. The van der Waals surface area contributed by atoms with Crippen LogP contribution in [-0.2, 0) is 4.79 Å². The molecule has 0 fully saturated rings. The maximum absolute atomic E-state index is 13.4. The second kappa shape index (κ2) is 6.53. The van der Waals surface area contributed by atoms with Crippen molar-refractivity contribution in [2.75, 3.05) is 17.2 Å². The fourth-order valence-corrected chi connectivity index (χ4v) is 1.81. The molecule has 0 aromatic heterocycles. The van der Waals surface area contributed by atoms with Crippen molar-refractivity contribution in [2.24, 2.45) is 0 Å². The van der Waals surface area contributed by atoms with E-state index in [1.54, 1.807) is 30.3 Å². The van der Waals surface area contributed by atoms with E-state index in [-0.39, 0.29) is 18.1 Å². The Bertz CT molecular complexity index is 707. The predicted octanol–water partition coefficient (Wildman–Crippen LogP) is 3.06. The summed E-state index contributed by atoms with van der Waals surface area (Å²) in [5, 5.41) is 14.3. The van der Waals surface area contributed by atoms with E-state index in [0.29, 0.717) is 11.3 Å². The van der Waals surface area contributed by atoms with Gasteiger partial charge in [0.1, 0.15) is 5.82 Å². The fourth-order valence-electron chi connectivity index (χ4n) is 1.81. The molecule has 0 heterocycles. The average Bonchev–Trinajstić information content (AvgIpc) is 2.49. The summed E-state index contributed by atoms with van der Waals surface area (Å²) < 4.78 is 13.4. The van der Waals surface area contributed by atoms with Gasteiger partial charge in [0, 0.05) is 5.69 Å². The minimum Gasteiger partial charge on any atom is -0.376 e. The third kappa shape index (κ3) is 3.80. The summed E-state index contributed by atoms with van der Waals surface area (Å²) >= 11 is 0. The molecule has 1 amide bonds. The molecular formula is C16H14FN3O. The Morgan fingerprint density at radius 1 is 1.24 bits per heavy atom. The van der Waals surface area contributed by atoms with Crippen LogP contribution >= 0.6 is 0 Å². The number of carbonyl (C=O) groups excluding carboxylic acids is 1. The van der Waals surface area contributed by atoms with Gasteiger partial charge in [-0.3, -0.25) is 4.79 Å². The standard InChI is InChI=1S/C16H14FN3O/c1-11-6-7-12(9-18)8-15(11)19-10-16(21)20-14-5-3-2-4-13(14)17/h2-8,19H,10H2,1H3,(H,20,21). The minimum atomic E-state index is -0.478. The van der Waals surface area contributed by atoms with E-state index < -0.39 is 5.82 Å². The van der Waals surface area contributed by atoms with Gasteiger partial charge in [-0.1, -0.05) is 18.2 Å². The van der Waals surface area contributed by atoms with Crippen LogP contribution in [0, 0.1) is 24.1 Å². The van der Waals surface area contributed by atoms with Crippen LogP contribution in [0.3, 0.4) is 0 Å². The van der Waals surface area contributed by atoms with Crippen molar-refractivity contribution in [1.82, 2.24) is 0 Å². The Morgan fingerprint density at radius 3 is 2.71 bits per heavy atom. The van der Waals surface area contributed by atoms with Crippen molar-refractivity contribution < 1.29 is 9.18 Å². The Balaban J connectivity index is 1.99. The van der Waals surface area contributed by atoms with E-state index in [9.17, 15) is 9.18 Å². The number of amides is 1. The molecule has 0 saturated heterocycles. The highest BCUT2D eigenvalue weighted by Crippen LogP contribution is 2.16. The number of para-hydroxylation sites is 1. The van der Waals surface area contributed by atoms with Crippen molar-refractivity contribution in [1.29, 1.82) is 5.26 Å². The van der Waals surface area contributed by atoms with Gasteiger partial charge >= 0.3 is 0 Å². The molecule has 2 aromatic carbocycles. The molecule has 106 valence electrons. The Labute approximate surface area is 122 Å². The quantitative estimate of drug-likeness (QED) is 0.906. The Kier molecular flexibility index (Phi) is 4.52. The van der Waals surface area contributed by atoms with Crippen molar-refractivity contribution >= 4 is 17.3 Å². The topological polar surface area (TPSA) is 64.9 Å². The summed E-state index contributed by atoms with van der Waals surface area (Å²) in [6, 6.07) is 13.2. The van der Waals surface area contributed by atoms with E-state index >= 15 is 0 Å². The molecule has 0 saturated carbocycles. The summed E-state index contributed by atoms with van der Waals surface area (Å²) in [6.45, 7) is 1.86. The summed E-state index contributed by atoms with van der Waals surface area (Å²) in [6.07, 6.45) is 0. The summed E-state index contributed by atoms with van der Waals surface area (Å²) in [7, 11) is 0. The van der Waals surface area contributed by atoms with Crippen molar-refractivity contribution in [3.05, 3.63) is 59.4 Å². The number of benzene rings is 2. The summed E-state index contributed by atoms with van der Waals surface area (Å²) in [5.41, 5.74) is 2.29. The smallest absolute Gasteiger partial charge is 0.243 e. The first-order valence-electron chi connectivity index (χ1n) is 6.39. The van der Waals surface area contributed by atoms with Gasteiger partial charge in [0.25, 0.3) is 0 Å². The normalized spacial score (nSPS) is 9.76. The van der Waals surface area contributed by atoms with Gasteiger partial charge in [-0.15, -0.1) is 0 Å². The van der Waals surface area contributed by atoms with Crippen molar-refractivity contribution in [3.8, 4) is 6.07 Å². The van der Waals surface area contributed by atoms with Crippen LogP contribution < -0.4 is 10.6 Å². The lowest BCUT2D eigenvalue weighted by Crippen LogP contribution is -2.22. The van der Waals surface area contributed by atoms with Crippen molar-refractivity contribution in [3.63, 3.8) is 0 Å². The zero-order chi connectivity index (χ0) is 15.2. The molecule has 2 aromatic rings. The second-order valence-electron chi connectivity index (χ2n) is 4.52. The number of carbonyl (C=O) groups is 1. The highest BCUT2D eigenvalue weighted by Gasteiger charge is 2.07. The first kappa shape index (κ1) is 14.5. The number of hydrogen-bond acceptors (Lipinski definition) is 3. The molecule has 0 radical (unpaired) electrons. The minimum absolute atomic E-state index is 0.00986. The molecule has 0 aliphatic rings. The van der Waals surface area contributed by atoms with Gasteiger partial charge in [0.05, 0.1) is 23.9 Å². The molecule has 0 bridgehead atoms. The molecule has 2 rings (SSSR count). The molecule has 0 atom stereocenters. The number of nitrogens with one attached hydrogen (secondary N) is 2. The van der Waals surface area contributed by atoms with E-state index in [4.69, 9.17) is 5.26 Å². The van der Waals surface area contributed by atoms with E-state index in [0.717, 1.165) is 5.56 Å². The van der Waals surface area contributed by atoms with Gasteiger partial charge in [-0.2, -0.15) is 5.26 Å². The van der Waals surface area contributed by atoms with Crippen LogP contribution in [0.5, 0.6) is 0 Å². The van der Waals surface area contributed by atoms with Gasteiger partial charge in [0.15, 0.2) is 0 Å². The molecule has 4 nitrogen and oxygen atoms in total. The molecule has 5 heteroatoms. The molecule has 0 aliphatic carbocycles. The maximum Gasteiger partial charge on any atom is 0.243 e. The van der Waals surface area contributed by atoms with Gasteiger partial charge in [0.2, 0.25) is 5.91 Å². The van der Waals surface area contributed by atoms with Crippen LogP contribution in [0.15, 0.2) is 42.5 Å². The molecule has 0 aliphatic heterocycles. The number of nitrogens with zero attached hydrogens (tertiary/aromatic N) is 1.